The van der Waals surface area contributed by atoms with Crippen molar-refractivity contribution in [2.75, 3.05) is 19.6 Å². The highest BCUT2D eigenvalue weighted by Gasteiger charge is 2.21. The number of guanidine groups is 1. The fourth-order valence-corrected chi connectivity index (χ4v) is 5.49. The number of nitrogens with one attached hydrogen (secondary N) is 2. The van der Waals surface area contributed by atoms with E-state index in [1.165, 1.54) is 0 Å². The molecule has 2 heterocycles. The van der Waals surface area contributed by atoms with Crippen molar-refractivity contribution in [2.45, 2.75) is 85.1 Å². The molecule has 1 atom stereocenters. The monoisotopic (exact) mass is 666 g/mol. The molecule has 0 radical (unpaired) electrons. The van der Waals surface area contributed by atoms with E-state index in [-0.39, 0.29) is 33.3 Å². The third kappa shape index (κ3) is 11.2. The van der Waals surface area contributed by atoms with Crippen molar-refractivity contribution >= 4 is 28.6 Å². The molecule has 0 saturated carbocycles. The van der Waals surface area contributed by atoms with Crippen LogP contribution < -0.4 is 28.2 Å². The molecule has 0 aliphatic carbocycles. The maximum absolute atomic E-state index is 13.8. The number of nitrogens with zero attached hydrogens (tertiary/aromatic N) is 3. The first-order valence-electron chi connectivity index (χ1n) is 16.2. The average molecular weight is 667 g/mol. The molecular formula is C36H52ClFN8O. The van der Waals surface area contributed by atoms with E-state index in [4.69, 9.17) is 28.8 Å². The van der Waals surface area contributed by atoms with E-state index in [1.807, 2.05) is 57.3 Å². The van der Waals surface area contributed by atoms with Crippen LogP contribution in [0.2, 0.25) is 5.02 Å². The molecule has 0 aliphatic rings. The molecule has 256 valence electrons. The van der Waals surface area contributed by atoms with Gasteiger partial charge in [0, 0.05) is 35.8 Å². The molecule has 0 spiro atoms. The molecule has 8 N–H and O–H groups in total. The number of benzene rings is 2. The van der Waals surface area contributed by atoms with Gasteiger partial charge in [0.2, 0.25) is 0 Å². The zero-order chi connectivity index (χ0) is 34.9. The molecule has 2 aromatic heterocycles. The van der Waals surface area contributed by atoms with Gasteiger partial charge in [0.1, 0.15) is 11.5 Å². The highest BCUT2D eigenvalue weighted by molar-refractivity contribution is 6.31. The van der Waals surface area contributed by atoms with Crippen molar-refractivity contribution in [3.8, 4) is 5.69 Å². The van der Waals surface area contributed by atoms with Crippen LogP contribution in [0.4, 0.5) is 4.39 Å². The lowest BCUT2D eigenvalue weighted by atomic mass is 9.84. The predicted molar refractivity (Wildman–Crippen MR) is 194 cm³/mol. The van der Waals surface area contributed by atoms with Gasteiger partial charge in [-0.2, -0.15) is 4.98 Å². The highest BCUT2D eigenvalue weighted by Crippen LogP contribution is 2.33. The van der Waals surface area contributed by atoms with Crippen LogP contribution in [0.15, 0.2) is 58.4 Å². The minimum absolute atomic E-state index is 0.0352. The first kappa shape index (κ1) is 37.7. The van der Waals surface area contributed by atoms with Gasteiger partial charge in [-0.25, -0.2) is 9.18 Å². The van der Waals surface area contributed by atoms with Crippen LogP contribution in [-0.4, -0.2) is 40.1 Å². The lowest BCUT2D eigenvalue weighted by molar-refractivity contribution is 0.530. The number of aliphatic imine (C=N–C) groups is 1. The zero-order valence-electron chi connectivity index (χ0n) is 28.9. The number of halogens is 2. The normalized spacial score (nSPS) is 12.5. The number of rotatable bonds is 11. The van der Waals surface area contributed by atoms with Crippen molar-refractivity contribution in [1.29, 1.82) is 0 Å². The van der Waals surface area contributed by atoms with E-state index in [2.05, 4.69) is 54.0 Å². The van der Waals surface area contributed by atoms with Crippen molar-refractivity contribution in [2.24, 2.45) is 28.1 Å². The number of H-pyrrole nitrogens is 1. The smallest absolute Gasteiger partial charge is 0.354 e. The summed E-state index contributed by atoms with van der Waals surface area (Å²) in [5.74, 6) is 0.264. The Bertz CT molecular complexity index is 1690. The summed E-state index contributed by atoms with van der Waals surface area (Å²) in [6.45, 7) is 17.5. The quantitative estimate of drug-likeness (QED) is 0.0744. The van der Waals surface area contributed by atoms with Crippen LogP contribution in [0.25, 0.3) is 16.7 Å². The summed E-state index contributed by atoms with van der Waals surface area (Å²) in [4.78, 5) is 23.9. The van der Waals surface area contributed by atoms with E-state index >= 15 is 0 Å². The summed E-state index contributed by atoms with van der Waals surface area (Å²) in [7, 11) is 0. The van der Waals surface area contributed by atoms with Gasteiger partial charge < -0.3 is 27.5 Å². The largest absolute Gasteiger partial charge is 0.370 e. The third-order valence-electron chi connectivity index (χ3n) is 7.81. The summed E-state index contributed by atoms with van der Waals surface area (Å²) in [5, 5.41) is 4.52. The number of aromatic nitrogens is 3. The maximum Gasteiger partial charge on any atom is 0.354 e. The lowest BCUT2D eigenvalue weighted by Crippen LogP contribution is -2.23. The van der Waals surface area contributed by atoms with Gasteiger partial charge in [0.05, 0.1) is 10.7 Å². The van der Waals surface area contributed by atoms with E-state index in [0.29, 0.717) is 24.7 Å². The molecule has 47 heavy (non-hydrogen) atoms. The highest BCUT2D eigenvalue weighted by atomic mass is 35.5. The SMILES string of the molecule is CC(C)(C)c1cc2cn(-c3ccc(CNCCCN=C(N)N)cc3)c(=O)nc2[nH]1.CC(CCN)Cc1cc(F)c(Cl)c(C(C)(C)C)c1. The molecule has 0 aliphatic heterocycles. The van der Waals surface area contributed by atoms with Gasteiger partial charge >= 0.3 is 5.69 Å². The van der Waals surface area contributed by atoms with E-state index in [1.54, 1.807) is 10.6 Å². The van der Waals surface area contributed by atoms with E-state index < -0.39 is 0 Å². The molecule has 0 bridgehead atoms. The van der Waals surface area contributed by atoms with Crippen LogP contribution >= 0.6 is 11.6 Å². The van der Waals surface area contributed by atoms with Crippen LogP contribution in [0.1, 0.15) is 83.7 Å². The predicted octanol–water partition coefficient (Wildman–Crippen LogP) is 6.07. The van der Waals surface area contributed by atoms with Gasteiger partial charge in [0.25, 0.3) is 0 Å². The summed E-state index contributed by atoms with van der Waals surface area (Å²) < 4.78 is 15.4. The molecule has 0 saturated heterocycles. The Morgan fingerprint density at radius 2 is 1.74 bits per heavy atom. The molecule has 1 unspecified atom stereocenters. The topological polar surface area (TPSA) is 153 Å². The second kappa shape index (κ2) is 16.4. The number of nitrogens with two attached hydrogens (primary N) is 3. The summed E-state index contributed by atoms with van der Waals surface area (Å²) >= 11 is 6.05. The number of hydrogen-bond acceptors (Lipinski definition) is 5. The fraction of sp³-hybridized carbons (Fsp3) is 0.472. The fourth-order valence-electron chi connectivity index (χ4n) is 5.10. The van der Waals surface area contributed by atoms with Gasteiger partial charge in [-0.3, -0.25) is 9.56 Å². The Labute approximate surface area is 283 Å². The first-order valence-corrected chi connectivity index (χ1v) is 16.5. The van der Waals surface area contributed by atoms with Crippen molar-refractivity contribution in [3.63, 3.8) is 0 Å². The van der Waals surface area contributed by atoms with Crippen molar-refractivity contribution in [1.82, 2.24) is 19.9 Å². The molecule has 2 aromatic carbocycles. The average Bonchev–Trinajstić information content (AvgIpc) is 3.40. The van der Waals surface area contributed by atoms with Gasteiger partial charge in [-0.1, -0.05) is 78.3 Å². The van der Waals surface area contributed by atoms with Crippen LogP contribution in [0.5, 0.6) is 0 Å². The minimum atomic E-state index is -0.320. The summed E-state index contributed by atoms with van der Waals surface area (Å²) in [5.41, 5.74) is 21.1. The Balaban J connectivity index is 0.000000287. The maximum atomic E-state index is 13.8. The summed E-state index contributed by atoms with van der Waals surface area (Å²) in [6, 6.07) is 13.5. The molecule has 11 heteroatoms. The first-order chi connectivity index (χ1) is 22.0. The van der Waals surface area contributed by atoms with E-state index in [0.717, 1.165) is 65.8 Å². The standard InChI is InChI=1S/C21H29N7O.C15H23ClFN/c1-21(2,3)17-11-15-13-28(20(29)27-18(15)26-17)16-7-5-14(6-8-16)12-24-9-4-10-25-19(22)23;1-10(5-6-18)7-11-8-12(15(2,3)4)14(16)13(17)9-11/h5-8,11,13,24H,4,9-10,12H2,1-3H3,(H4,22,23,25)(H,26,27,29);8-10H,5-7,18H2,1-4H3. The lowest BCUT2D eigenvalue weighted by Gasteiger charge is -2.22. The molecule has 0 amide bonds. The van der Waals surface area contributed by atoms with Gasteiger partial charge in [0.15, 0.2) is 5.96 Å². The molecule has 4 rings (SSSR count). The Hall–Kier alpha value is -3.73. The number of hydrogen-bond donors (Lipinski definition) is 5. The number of fused-ring (bicyclic) bond motifs is 1. The Kier molecular flexibility index (Phi) is 13.2. The second-order valence-corrected chi connectivity index (χ2v) is 14.6. The Morgan fingerprint density at radius 3 is 2.34 bits per heavy atom. The van der Waals surface area contributed by atoms with Gasteiger partial charge in [-0.15, -0.1) is 0 Å². The van der Waals surface area contributed by atoms with E-state index in [9.17, 15) is 9.18 Å². The van der Waals surface area contributed by atoms with Crippen LogP contribution in [-0.2, 0) is 23.8 Å². The minimum Gasteiger partial charge on any atom is -0.370 e. The second-order valence-electron chi connectivity index (χ2n) is 14.2. The van der Waals surface area contributed by atoms with Crippen molar-refractivity contribution < 1.29 is 4.39 Å². The molecule has 4 aromatic rings. The third-order valence-corrected chi connectivity index (χ3v) is 8.19. The van der Waals surface area contributed by atoms with Crippen LogP contribution in [0, 0.1) is 11.7 Å². The molecular weight excluding hydrogens is 615 g/mol. The van der Waals surface area contributed by atoms with Crippen LogP contribution in [0.3, 0.4) is 0 Å². The Morgan fingerprint density at radius 1 is 1.06 bits per heavy atom. The van der Waals surface area contributed by atoms with Gasteiger partial charge in [-0.05, 0) is 84.6 Å². The summed E-state index contributed by atoms with van der Waals surface area (Å²) in [6.07, 6.45) is 4.50. The molecule has 0 fully saturated rings. The van der Waals surface area contributed by atoms with Crippen molar-refractivity contribution in [3.05, 3.63) is 92.4 Å². The molecule has 9 nitrogen and oxygen atoms in total. The zero-order valence-corrected chi connectivity index (χ0v) is 29.6. The number of aromatic amines is 1.